The number of ether oxygens (including phenoxy) is 3. The van der Waals surface area contributed by atoms with Crippen LogP contribution in [0.4, 0.5) is 0 Å². The van der Waals surface area contributed by atoms with Gasteiger partial charge in [-0.25, -0.2) is 4.79 Å². The van der Waals surface area contributed by atoms with E-state index in [9.17, 15) is 9.59 Å². The van der Waals surface area contributed by atoms with Gasteiger partial charge < -0.3 is 19.1 Å². The summed E-state index contributed by atoms with van der Waals surface area (Å²) in [4.78, 5) is 26.1. The van der Waals surface area contributed by atoms with E-state index in [4.69, 9.17) is 14.2 Å². The molecule has 2 rings (SSSR count). The zero-order chi connectivity index (χ0) is 27.5. The summed E-state index contributed by atoms with van der Waals surface area (Å²) in [7, 11) is 0. The number of benzene rings is 2. The molecule has 0 N–H and O–H groups in total. The summed E-state index contributed by atoms with van der Waals surface area (Å²) in [5.74, 6) is 5.91. The minimum Gasteiger partial charge on any atom is -0.463 e. The average Bonchev–Trinajstić information content (AvgIpc) is 2.93. The van der Waals surface area contributed by atoms with E-state index in [1.807, 2.05) is 74.5 Å². The quantitative estimate of drug-likeness (QED) is 0.165. The van der Waals surface area contributed by atoms with E-state index in [2.05, 4.69) is 11.8 Å². The molecule has 2 aromatic carbocycles. The Morgan fingerprint density at radius 1 is 0.842 bits per heavy atom. The number of nitrogens with zero attached hydrogens (tertiary/aromatic N) is 1. The Morgan fingerprint density at radius 3 is 1.89 bits per heavy atom. The van der Waals surface area contributed by atoms with Crippen LogP contribution < -0.4 is 0 Å². The molecule has 0 aromatic heterocycles. The largest absolute Gasteiger partial charge is 0.463 e. The molecule has 204 valence electrons. The van der Waals surface area contributed by atoms with Gasteiger partial charge in [-0.3, -0.25) is 4.79 Å². The molecular formula is C32H41NO5. The fourth-order valence-electron chi connectivity index (χ4n) is 3.92. The van der Waals surface area contributed by atoms with Crippen LogP contribution in [-0.2, 0) is 37.0 Å². The summed E-state index contributed by atoms with van der Waals surface area (Å²) < 4.78 is 17.4. The van der Waals surface area contributed by atoms with Gasteiger partial charge in [0.1, 0.15) is 0 Å². The molecule has 0 heterocycles. The second kappa shape index (κ2) is 18.0. The number of amides is 1. The number of hydrogen-bond acceptors (Lipinski definition) is 5. The third kappa shape index (κ3) is 11.8. The van der Waals surface area contributed by atoms with Gasteiger partial charge in [0.2, 0.25) is 5.91 Å². The summed E-state index contributed by atoms with van der Waals surface area (Å²) >= 11 is 0. The topological polar surface area (TPSA) is 65.1 Å². The van der Waals surface area contributed by atoms with Crippen LogP contribution >= 0.6 is 0 Å². The average molecular weight is 520 g/mol. The molecule has 2 aromatic rings. The van der Waals surface area contributed by atoms with Crippen molar-refractivity contribution in [1.29, 1.82) is 0 Å². The van der Waals surface area contributed by atoms with E-state index < -0.39 is 5.41 Å². The third-order valence-electron chi connectivity index (χ3n) is 6.08. The third-order valence-corrected chi connectivity index (χ3v) is 6.08. The van der Waals surface area contributed by atoms with Crippen molar-refractivity contribution in [3.8, 4) is 11.8 Å². The molecule has 0 spiro atoms. The summed E-state index contributed by atoms with van der Waals surface area (Å²) in [6, 6.07) is 20.0. The van der Waals surface area contributed by atoms with Gasteiger partial charge in [0.15, 0.2) is 0 Å². The van der Waals surface area contributed by atoms with Gasteiger partial charge in [-0.1, -0.05) is 72.7 Å². The van der Waals surface area contributed by atoms with Crippen LogP contribution in [0.2, 0.25) is 0 Å². The van der Waals surface area contributed by atoms with Gasteiger partial charge in [0.25, 0.3) is 0 Å². The SMILES string of the molecule is CCOC(=O)/C=C/CC(CC#CCC(=O)N(CC)CC)(COCc1ccccc1)COCc1ccccc1. The first-order valence-electron chi connectivity index (χ1n) is 13.3. The smallest absolute Gasteiger partial charge is 0.330 e. The summed E-state index contributed by atoms with van der Waals surface area (Å²) in [6.45, 7) is 9.02. The van der Waals surface area contributed by atoms with Crippen LogP contribution in [0.25, 0.3) is 0 Å². The number of carbonyl (C=O) groups excluding carboxylic acids is 2. The molecule has 6 nitrogen and oxygen atoms in total. The maximum absolute atomic E-state index is 12.4. The zero-order valence-corrected chi connectivity index (χ0v) is 23.0. The first-order valence-corrected chi connectivity index (χ1v) is 13.3. The molecule has 0 bridgehead atoms. The standard InChI is InChI=1S/C32H41NO5/c1-4-33(5-2)30(34)20-13-14-22-32(23-15-21-31(35)38-6-3,26-36-24-28-16-9-7-10-17-28)27-37-25-29-18-11-8-12-19-29/h7-12,15-19,21H,4-6,20,22-27H2,1-3H3/b21-15+. The Hall–Kier alpha value is -3.40. The van der Waals surface area contributed by atoms with Crippen molar-refractivity contribution in [1.82, 2.24) is 4.90 Å². The van der Waals surface area contributed by atoms with Crippen molar-refractivity contribution in [3.63, 3.8) is 0 Å². The highest BCUT2D eigenvalue weighted by molar-refractivity contribution is 5.81. The van der Waals surface area contributed by atoms with Crippen molar-refractivity contribution >= 4 is 11.9 Å². The Balaban J connectivity index is 2.19. The molecule has 38 heavy (non-hydrogen) atoms. The van der Waals surface area contributed by atoms with Gasteiger partial charge >= 0.3 is 5.97 Å². The number of allylic oxidation sites excluding steroid dienone is 1. The molecule has 0 fully saturated rings. The minimum atomic E-state index is -0.516. The van der Waals surface area contributed by atoms with Gasteiger partial charge in [0, 0.05) is 31.0 Å². The maximum atomic E-state index is 12.4. The normalized spacial score (nSPS) is 11.1. The van der Waals surface area contributed by atoms with Gasteiger partial charge in [-0.2, -0.15) is 0 Å². The van der Waals surface area contributed by atoms with Crippen molar-refractivity contribution in [3.05, 3.63) is 83.9 Å². The molecule has 0 radical (unpaired) electrons. The summed E-state index contributed by atoms with van der Waals surface area (Å²) in [6.07, 6.45) is 4.39. The molecule has 0 aliphatic heterocycles. The van der Waals surface area contributed by atoms with Crippen molar-refractivity contribution in [2.45, 2.75) is 53.2 Å². The second-order valence-corrected chi connectivity index (χ2v) is 9.09. The Bertz CT molecular complexity index is 990. The van der Waals surface area contributed by atoms with Crippen molar-refractivity contribution < 1.29 is 23.8 Å². The second-order valence-electron chi connectivity index (χ2n) is 9.09. The molecule has 6 heteroatoms. The Morgan fingerprint density at radius 2 is 1.39 bits per heavy atom. The monoisotopic (exact) mass is 519 g/mol. The van der Waals surface area contributed by atoms with Gasteiger partial charge in [-0.05, 0) is 38.3 Å². The van der Waals surface area contributed by atoms with E-state index >= 15 is 0 Å². The first-order chi connectivity index (χ1) is 18.5. The summed E-state index contributed by atoms with van der Waals surface area (Å²) in [5.41, 5.74) is 1.63. The predicted octanol–water partition coefficient (Wildman–Crippen LogP) is 5.57. The molecule has 0 unspecified atom stereocenters. The highest BCUT2D eigenvalue weighted by Crippen LogP contribution is 2.29. The Labute approximate surface area is 228 Å². The fraction of sp³-hybridized carbons (Fsp3) is 0.438. The lowest BCUT2D eigenvalue weighted by atomic mass is 9.82. The molecule has 1 amide bonds. The van der Waals surface area contributed by atoms with Gasteiger partial charge in [-0.15, -0.1) is 5.92 Å². The highest BCUT2D eigenvalue weighted by Gasteiger charge is 2.30. The molecule has 0 aliphatic carbocycles. The van der Waals surface area contributed by atoms with Crippen LogP contribution in [0.15, 0.2) is 72.8 Å². The number of hydrogen-bond donors (Lipinski definition) is 0. The molecule has 0 atom stereocenters. The zero-order valence-electron chi connectivity index (χ0n) is 23.0. The maximum Gasteiger partial charge on any atom is 0.330 e. The minimum absolute atomic E-state index is 0.0240. The lowest BCUT2D eigenvalue weighted by Crippen LogP contribution is -2.32. The lowest BCUT2D eigenvalue weighted by Gasteiger charge is -2.31. The van der Waals surface area contributed by atoms with Crippen molar-refractivity contribution in [2.75, 3.05) is 32.9 Å². The van der Waals surface area contributed by atoms with E-state index in [0.29, 0.717) is 59.0 Å². The van der Waals surface area contributed by atoms with E-state index in [1.54, 1.807) is 17.9 Å². The van der Waals surface area contributed by atoms with E-state index in [1.165, 1.54) is 6.08 Å². The highest BCUT2D eigenvalue weighted by atomic mass is 16.5. The molecule has 0 aliphatic rings. The Kier molecular flexibility index (Phi) is 14.6. The van der Waals surface area contributed by atoms with Gasteiger partial charge in [0.05, 0.1) is 39.5 Å². The lowest BCUT2D eigenvalue weighted by molar-refractivity contribution is -0.137. The first kappa shape index (κ1) is 30.8. The molecular weight excluding hydrogens is 478 g/mol. The van der Waals surface area contributed by atoms with E-state index in [-0.39, 0.29) is 18.3 Å². The van der Waals surface area contributed by atoms with Crippen LogP contribution in [-0.4, -0.2) is 49.7 Å². The van der Waals surface area contributed by atoms with Crippen molar-refractivity contribution in [2.24, 2.45) is 5.41 Å². The number of carbonyl (C=O) groups is 2. The molecule has 0 saturated heterocycles. The van der Waals surface area contributed by atoms with Crippen LogP contribution in [0, 0.1) is 17.3 Å². The fourth-order valence-corrected chi connectivity index (χ4v) is 3.92. The van der Waals surface area contributed by atoms with Crippen LogP contribution in [0.3, 0.4) is 0 Å². The molecule has 0 saturated carbocycles. The van der Waals surface area contributed by atoms with Crippen LogP contribution in [0.1, 0.15) is 51.2 Å². The number of rotatable bonds is 16. The predicted molar refractivity (Wildman–Crippen MR) is 150 cm³/mol. The number of esters is 1. The van der Waals surface area contributed by atoms with Crippen LogP contribution in [0.5, 0.6) is 0 Å². The summed E-state index contributed by atoms with van der Waals surface area (Å²) in [5, 5.41) is 0. The van der Waals surface area contributed by atoms with E-state index in [0.717, 1.165) is 11.1 Å².